The molecule has 0 atom stereocenters. The Hall–Kier alpha value is -2.42. The van der Waals surface area contributed by atoms with Gasteiger partial charge in [-0.2, -0.15) is 17.0 Å². The number of anilines is 1. The summed E-state index contributed by atoms with van der Waals surface area (Å²) in [6.07, 6.45) is 0.681. The van der Waals surface area contributed by atoms with Gasteiger partial charge in [0.2, 0.25) is 5.91 Å². The van der Waals surface area contributed by atoms with Crippen molar-refractivity contribution >= 4 is 21.8 Å². The van der Waals surface area contributed by atoms with Crippen molar-refractivity contribution in [3.63, 3.8) is 0 Å². The first-order valence-electron chi connectivity index (χ1n) is 9.14. The van der Waals surface area contributed by atoms with E-state index in [4.69, 9.17) is 4.74 Å². The summed E-state index contributed by atoms with van der Waals surface area (Å²) in [5.41, 5.74) is 2.61. The van der Waals surface area contributed by atoms with E-state index in [1.807, 2.05) is 31.2 Å². The van der Waals surface area contributed by atoms with Gasteiger partial charge in [0.1, 0.15) is 5.75 Å². The van der Waals surface area contributed by atoms with E-state index in [1.54, 1.807) is 31.4 Å². The van der Waals surface area contributed by atoms with Crippen LogP contribution in [0.2, 0.25) is 0 Å². The smallest absolute Gasteiger partial charge is 0.282 e. The van der Waals surface area contributed by atoms with Gasteiger partial charge in [0.25, 0.3) is 10.2 Å². The van der Waals surface area contributed by atoms with Crippen LogP contribution in [0.5, 0.6) is 5.75 Å². The molecule has 28 heavy (non-hydrogen) atoms. The van der Waals surface area contributed by atoms with Gasteiger partial charge in [-0.1, -0.05) is 24.3 Å². The van der Waals surface area contributed by atoms with Crippen molar-refractivity contribution in [2.75, 3.05) is 32.1 Å². The number of methoxy groups -OCH3 is 1. The second kappa shape index (κ2) is 8.72. The third-order valence-corrected chi connectivity index (χ3v) is 6.70. The molecule has 1 heterocycles. The molecule has 3 rings (SSSR count). The SMILES string of the molecule is COc1ccc(NC(=O)CN2CCCN(Cc3ccccc3C)S2(=O)=O)cc1. The minimum Gasteiger partial charge on any atom is -0.497 e. The van der Waals surface area contributed by atoms with Crippen LogP contribution in [0.1, 0.15) is 17.5 Å². The molecule has 8 heteroatoms. The van der Waals surface area contributed by atoms with Gasteiger partial charge in [0.15, 0.2) is 0 Å². The lowest BCUT2D eigenvalue weighted by Gasteiger charge is -2.34. The van der Waals surface area contributed by atoms with Crippen molar-refractivity contribution in [3.05, 3.63) is 59.7 Å². The molecule has 1 N–H and O–H groups in total. The normalized spacial score (nSPS) is 17.2. The monoisotopic (exact) mass is 403 g/mol. The summed E-state index contributed by atoms with van der Waals surface area (Å²) in [6, 6.07) is 14.6. The third kappa shape index (κ3) is 4.70. The van der Waals surface area contributed by atoms with Crippen LogP contribution in [0.15, 0.2) is 48.5 Å². The maximum absolute atomic E-state index is 13.0. The zero-order chi connectivity index (χ0) is 20.1. The number of nitrogens with zero attached hydrogens (tertiary/aromatic N) is 2. The number of amides is 1. The predicted octanol–water partition coefficient (Wildman–Crippen LogP) is 2.39. The fourth-order valence-electron chi connectivity index (χ4n) is 3.15. The second-order valence-corrected chi connectivity index (χ2v) is 8.66. The first kappa shape index (κ1) is 20.3. The first-order valence-corrected chi connectivity index (χ1v) is 10.5. The topological polar surface area (TPSA) is 79.0 Å². The van der Waals surface area contributed by atoms with Gasteiger partial charge in [-0.15, -0.1) is 0 Å². The molecule has 0 aromatic heterocycles. The van der Waals surface area contributed by atoms with E-state index in [1.165, 1.54) is 8.61 Å². The van der Waals surface area contributed by atoms with Crippen molar-refractivity contribution in [1.29, 1.82) is 0 Å². The molecule has 2 aromatic rings. The van der Waals surface area contributed by atoms with Crippen molar-refractivity contribution in [1.82, 2.24) is 8.61 Å². The van der Waals surface area contributed by atoms with Crippen LogP contribution in [0, 0.1) is 6.92 Å². The Balaban J connectivity index is 1.66. The Labute approximate surface area is 166 Å². The zero-order valence-electron chi connectivity index (χ0n) is 16.1. The van der Waals surface area contributed by atoms with Crippen LogP contribution in [-0.4, -0.2) is 49.7 Å². The molecule has 1 fully saturated rings. The summed E-state index contributed by atoms with van der Waals surface area (Å²) in [5, 5.41) is 2.73. The van der Waals surface area contributed by atoms with Crippen molar-refractivity contribution < 1.29 is 17.9 Å². The Kier molecular flexibility index (Phi) is 6.33. The van der Waals surface area contributed by atoms with Crippen LogP contribution in [0.3, 0.4) is 0 Å². The van der Waals surface area contributed by atoms with Gasteiger partial charge in [-0.25, -0.2) is 0 Å². The number of nitrogens with one attached hydrogen (secondary N) is 1. The summed E-state index contributed by atoms with van der Waals surface area (Å²) in [4.78, 5) is 12.4. The van der Waals surface area contributed by atoms with E-state index in [2.05, 4.69) is 5.32 Å². The number of ether oxygens (including phenoxy) is 1. The van der Waals surface area contributed by atoms with Crippen molar-refractivity contribution in [2.24, 2.45) is 0 Å². The van der Waals surface area contributed by atoms with Gasteiger partial charge < -0.3 is 10.1 Å². The molecular weight excluding hydrogens is 378 g/mol. The molecule has 0 spiro atoms. The molecular formula is C20H25N3O4S. The minimum absolute atomic E-state index is 0.210. The van der Waals surface area contributed by atoms with Gasteiger partial charge in [0, 0.05) is 25.3 Å². The van der Waals surface area contributed by atoms with Gasteiger partial charge in [-0.3, -0.25) is 4.79 Å². The number of aryl methyl sites for hydroxylation is 1. The molecule has 2 aromatic carbocycles. The Morgan fingerprint density at radius 3 is 2.43 bits per heavy atom. The predicted molar refractivity (Wildman–Crippen MR) is 108 cm³/mol. The van der Waals surface area contributed by atoms with Crippen LogP contribution in [0.25, 0.3) is 0 Å². The highest BCUT2D eigenvalue weighted by Gasteiger charge is 2.34. The average molecular weight is 404 g/mol. The molecule has 0 unspecified atom stereocenters. The lowest BCUT2D eigenvalue weighted by molar-refractivity contribution is -0.116. The molecule has 7 nitrogen and oxygen atoms in total. The number of rotatable bonds is 6. The number of hydrogen-bond donors (Lipinski definition) is 1. The van der Waals surface area contributed by atoms with Crippen molar-refractivity contribution in [3.8, 4) is 5.75 Å². The molecule has 150 valence electrons. The van der Waals surface area contributed by atoms with Crippen LogP contribution in [0.4, 0.5) is 5.69 Å². The van der Waals surface area contributed by atoms with Crippen LogP contribution < -0.4 is 10.1 Å². The molecule has 0 bridgehead atoms. The van der Waals surface area contributed by atoms with Gasteiger partial charge in [-0.05, 0) is 48.7 Å². The highest BCUT2D eigenvalue weighted by Crippen LogP contribution is 2.21. The summed E-state index contributed by atoms with van der Waals surface area (Å²) in [6.45, 7) is 2.85. The third-order valence-electron chi connectivity index (χ3n) is 4.77. The molecule has 1 aliphatic rings. The summed E-state index contributed by atoms with van der Waals surface area (Å²) < 4.78 is 33.7. The Morgan fingerprint density at radius 1 is 1.07 bits per heavy atom. The maximum atomic E-state index is 13.0. The van der Waals surface area contributed by atoms with E-state index in [9.17, 15) is 13.2 Å². The minimum atomic E-state index is -3.69. The number of carbonyl (C=O) groups excluding carboxylic acids is 1. The zero-order valence-corrected chi connectivity index (χ0v) is 16.9. The fourth-order valence-corrected chi connectivity index (χ4v) is 4.78. The van der Waals surface area contributed by atoms with Gasteiger partial charge in [0.05, 0.1) is 13.7 Å². The van der Waals surface area contributed by atoms with Crippen molar-refractivity contribution in [2.45, 2.75) is 19.9 Å². The number of hydrogen-bond acceptors (Lipinski definition) is 4. The number of carbonyl (C=O) groups is 1. The van der Waals surface area contributed by atoms with Crippen LogP contribution >= 0.6 is 0 Å². The summed E-state index contributed by atoms with van der Waals surface area (Å²) >= 11 is 0. The summed E-state index contributed by atoms with van der Waals surface area (Å²) in [5.74, 6) is 0.315. The molecule has 1 aliphatic heterocycles. The Bertz CT molecular complexity index is 929. The first-order chi connectivity index (χ1) is 13.4. The standard InChI is InChI=1S/C20H25N3O4S/c1-16-6-3-4-7-17(16)14-22-12-5-13-23(28(22,25)26)15-20(24)21-18-8-10-19(27-2)11-9-18/h3-4,6-11H,5,12-15H2,1-2H3,(H,21,24). The lowest BCUT2D eigenvalue weighted by atomic mass is 10.1. The molecule has 1 saturated heterocycles. The fraction of sp³-hybridized carbons (Fsp3) is 0.350. The average Bonchev–Trinajstić information content (AvgIpc) is 2.67. The maximum Gasteiger partial charge on any atom is 0.282 e. The second-order valence-electron chi connectivity index (χ2n) is 6.73. The highest BCUT2D eigenvalue weighted by atomic mass is 32.2. The highest BCUT2D eigenvalue weighted by molar-refractivity contribution is 7.86. The van der Waals surface area contributed by atoms with Gasteiger partial charge >= 0.3 is 0 Å². The van der Waals surface area contributed by atoms with E-state index >= 15 is 0 Å². The quantitative estimate of drug-likeness (QED) is 0.803. The van der Waals surface area contributed by atoms with Crippen LogP contribution in [-0.2, 0) is 21.5 Å². The Morgan fingerprint density at radius 2 is 1.75 bits per heavy atom. The molecule has 0 saturated carbocycles. The van der Waals surface area contributed by atoms with E-state index in [-0.39, 0.29) is 12.5 Å². The van der Waals surface area contributed by atoms with E-state index < -0.39 is 10.2 Å². The molecule has 1 amide bonds. The largest absolute Gasteiger partial charge is 0.497 e. The molecule has 0 aliphatic carbocycles. The number of benzene rings is 2. The lowest BCUT2D eigenvalue weighted by Crippen LogP contribution is -2.51. The van der Waals surface area contributed by atoms with E-state index in [0.717, 1.165) is 11.1 Å². The summed E-state index contributed by atoms with van der Waals surface area (Å²) in [7, 11) is -2.12. The molecule has 0 radical (unpaired) electrons. The van der Waals surface area contributed by atoms with E-state index in [0.29, 0.717) is 37.5 Å².